The van der Waals surface area contributed by atoms with Gasteiger partial charge in [0.2, 0.25) is 0 Å². The largest absolute Gasteiger partial charge is 0.311 e. The van der Waals surface area contributed by atoms with Gasteiger partial charge in [-0.1, -0.05) is 9.39 Å². The molecule has 2 rings (SSSR count). The maximum absolute atomic E-state index is 3.61. The molecule has 0 aromatic carbocycles. The van der Waals surface area contributed by atoms with Crippen molar-refractivity contribution in [2.75, 3.05) is 0 Å². The summed E-state index contributed by atoms with van der Waals surface area (Å²) in [5.74, 6) is 0. The van der Waals surface area contributed by atoms with Gasteiger partial charge in [0.15, 0.2) is 0 Å². The van der Waals surface area contributed by atoms with Crippen molar-refractivity contribution in [1.29, 1.82) is 0 Å². The molecule has 2 N–H and O–H groups in total. The van der Waals surface area contributed by atoms with Gasteiger partial charge in [-0.2, -0.15) is 0 Å². The topological polar surface area (TPSA) is 24.1 Å². The highest BCUT2D eigenvalue weighted by Crippen LogP contribution is 2.26. The molecule has 0 aromatic rings. The Balaban J connectivity index is 1.96. The average Bonchev–Trinajstić information content (AvgIpc) is 2.30. The summed E-state index contributed by atoms with van der Waals surface area (Å²) in [5.41, 5.74) is 0. The smallest absolute Gasteiger partial charge is 0.0128 e. The summed E-state index contributed by atoms with van der Waals surface area (Å²) >= 11 is 0. The number of piperidine rings is 1. The lowest BCUT2D eigenvalue weighted by atomic mass is 10.0. The second-order valence-corrected chi connectivity index (χ2v) is 3.81. The molecular formula is C7H15N2P. The fourth-order valence-electron chi connectivity index (χ4n) is 2.19. The van der Waals surface area contributed by atoms with Gasteiger partial charge in [-0.05, 0) is 25.7 Å². The zero-order chi connectivity index (χ0) is 6.97. The molecular weight excluding hydrogens is 143 g/mol. The quantitative estimate of drug-likeness (QED) is 0.547. The number of hydrogen-bond acceptors (Lipinski definition) is 2. The zero-order valence-corrected chi connectivity index (χ0v) is 7.29. The van der Waals surface area contributed by atoms with E-state index in [1.165, 1.54) is 25.7 Å². The lowest BCUT2D eigenvalue weighted by Crippen LogP contribution is -2.43. The predicted octanol–water partition coefficient (Wildman–Crippen LogP) is 0.649. The lowest BCUT2D eigenvalue weighted by Gasteiger charge is -2.28. The summed E-state index contributed by atoms with van der Waals surface area (Å²) in [6.45, 7) is 0. The number of nitrogens with one attached hydrogen (secondary N) is 2. The Bertz CT molecular complexity index is 117. The fraction of sp³-hybridized carbons (Fsp3) is 1.00. The minimum Gasteiger partial charge on any atom is -0.311 e. The minimum atomic E-state index is 0.753. The molecule has 10 heavy (non-hydrogen) atoms. The van der Waals surface area contributed by atoms with Gasteiger partial charge in [-0.3, -0.25) is 5.09 Å². The van der Waals surface area contributed by atoms with E-state index in [1.807, 2.05) is 0 Å². The van der Waals surface area contributed by atoms with E-state index in [2.05, 4.69) is 19.8 Å². The highest BCUT2D eigenvalue weighted by molar-refractivity contribution is 7.13. The van der Waals surface area contributed by atoms with Crippen LogP contribution in [0.1, 0.15) is 25.7 Å². The summed E-state index contributed by atoms with van der Waals surface area (Å²) in [7, 11) is 2.63. The standard InChI is InChI=1S/C7H15N2P/c10-9-7-3-5-1-2-6(4-7)8-5/h5-9H,1-4,10H2. The molecule has 2 saturated heterocycles. The van der Waals surface area contributed by atoms with E-state index in [9.17, 15) is 0 Å². The maximum Gasteiger partial charge on any atom is 0.0128 e. The molecule has 0 saturated carbocycles. The van der Waals surface area contributed by atoms with Gasteiger partial charge in [0.05, 0.1) is 0 Å². The molecule has 3 unspecified atom stereocenters. The minimum absolute atomic E-state index is 0.753. The average molecular weight is 158 g/mol. The van der Waals surface area contributed by atoms with E-state index in [-0.39, 0.29) is 0 Å². The third kappa shape index (κ3) is 1.20. The maximum atomic E-state index is 3.61. The third-order valence-electron chi connectivity index (χ3n) is 2.71. The van der Waals surface area contributed by atoms with Gasteiger partial charge < -0.3 is 5.32 Å². The molecule has 2 aliphatic rings. The second kappa shape index (κ2) is 2.77. The van der Waals surface area contributed by atoms with Gasteiger partial charge in [0, 0.05) is 18.1 Å². The third-order valence-corrected chi connectivity index (χ3v) is 3.18. The lowest BCUT2D eigenvalue weighted by molar-refractivity contribution is 0.350. The summed E-state index contributed by atoms with van der Waals surface area (Å²) in [4.78, 5) is 0. The number of rotatable bonds is 1. The first-order valence-corrected chi connectivity index (χ1v) is 4.68. The van der Waals surface area contributed by atoms with Crippen molar-refractivity contribution in [3.05, 3.63) is 0 Å². The first-order chi connectivity index (χ1) is 4.88. The van der Waals surface area contributed by atoms with Gasteiger partial charge in [0.25, 0.3) is 0 Å². The van der Waals surface area contributed by atoms with Crippen LogP contribution in [-0.2, 0) is 0 Å². The van der Waals surface area contributed by atoms with Crippen LogP contribution in [0.2, 0.25) is 0 Å². The summed E-state index contributed by atoms with van der Waals surface area (Å²) in [5, 5.41) is 6.89. The van der Waals surface area contributed by atoms with Crippen LogP contribution in [0.4, 0.5) is 0 Å². The highest BCUT2D eigenvalue weighted by Gasteiger charge is 2.32. The van der Waals surface area contributed by atoms with Crippen molar-refractivity contribution >= 4 is 9.39 Å². The van der Waals surface area contributed by atoms with Gasteiger partial charge in [-0.15, -0.1) is 0 Å². The molecule has 2 nitrogen and oxygen atoms in total. The van der Waals surface area contributed by atoms with Gasteiger partial charge >= 0.3 is 0 Å². The molecule has 2 fully saturated rings. The van der Waals surface area contributed by atoms with E-state index in [1.54, 1.807) is 0 Å². The summed E-state index contributed by atoms with van der Waals surface area (Å²) in [6, 6.07) is 2.39. The Labute approximate surface area is 64.4 Å². The second-order valence-electron chi connectivity index (χ2n) is 3.47. The molecule has 3 atom stereocenters. The number of hydrogen-bond donors (Lipinski definition) is 2. The molecule has 58 valence electrons. The Hall–Kier alpha value is 0.350. The van der Waals surface area contributed by atoms with Crippen LogP contribution in [0.25, 0.3) is 0 Å². The van der Waals surface area contributed by atoms with Crippen molar-refractivity contribution < 1.29 is 0 Å². The first-order valence-electron chi connectivity index (χ1n) is 4.10. The molecule has 0 amide bonds. The Morgan fingerprint density at radius 1 is 1.20 bits per heavy atom. The molecule has 0 aromatic heterocycles. The van der Waals surface area contributed by atoms with Crippen LogP contribution < -0.4 is 10.4 Å². The van der Waals surface area contributed by atoms with Crippen LogP contribution in [0.15, 0.2) is 0 Å². The SMILES string of the molecule is PNC1CC2CCC(C1)N2. The Kier molecular flexibility index (Phi) is 1.94. The normalized spacial score (nSPS) is 45.9. The van der Waals surface area contributed by atoms with Crippen molar-refractivity contribution in [2.24, 2.45) is 0 Å². The first kappa shape index (κ1) is 7.02. The van der Waals surface area contributed by atoms with Crippen LogP contribution in [-0.4, -0.2) is 18.1 Å². The molecule has 2 bridgehead atoms. The van der Waals surface area contributed by atoms with E-state index in [0.29, 0.717) is 0 Å². The molecule has 0 spiro atoms. The van der Waals surface area contributed by atoms with Crippen molar-refractivity contribution in [3.8, 4) is 0 Å². The van der Waals surface area contributed by atoms with Crippen molar-refractivity contribution in [3.63, 3.8) is 0 Å². The van der Waals surface area contributed by atoms with Crippen LogP contribution in [0.3, 0.4) is 0 Å². The fourth-order valence-corrected chi connectivity index (χ4v) is 2.47. The summed E-state index contributed by atoms with van der Waals surface area (Å²) in [6.07, 6.45) is 5.43. The monoisotopic (exact) mass is 158 g/mol. The zero-order valence-electron chi connectivity index (χ0n) is 6.14. The molecule has 0 aliphatic carbocycles. The number of fused-ring (bicyclic) bond motifs is 2. The Morgan fingerprint density at radius 2 is 1.80 bits per heavy atom. The molecule has 2 aliphatic heterocycles. The van der Waals surface area contributed by atoms with Crippen molar-refractivity contribution in [1.82, 2.24) is 10.4 Å². The summed E-state index contributed by atoms with van der Waals surface area (Å²) < 4.78 is 0. The Morgan fingerprint density at radius 3 is 2.30 bits per heavy atom. The van der Waals surface area contributed by atoms with Gasteiger partial charge in [0.1, 0.15) is 0 Å². The van der Waals surface area contributed by atoms with E-state index in [4.69, 9.17) is 0 Å². The van der Waals surface area contributed by atoms with E-state index >= 15 is 0 Å². The highest BCUT2D eigenvalue weighted by atomic mass is 31.0. The molecule has 3 heteroatoms. The van der Waals surface area contributed by atoms with Crippen LogP contribution in [0.5, 0.6) is 0 Å². The molecule has 0 radical (unpaired) electrons. The van der Waals surface area contributed by atoms with Crippen LogP contribution >= 0.6 is 9.39 Å². The predicted molar refractivity (Wildman–Crippen MR) is 45.8 cm³/mol. The van der Waals surface area contributed by atoms with Gasteiger partial charge in [-0.25, -0.2) is 0 Å². The molecule has 2 heterocycles. The van der Waals surface area contributed by atoms with Crippen LogP contribution in [0, 0.1) is 0 Å². The van der Waals surface area contributed by atoms with E-state index < -0.39 is 0 Å². The van der Waals surface area contributed by atoms with Crippen molar-refractivity contribution in [2.45, 2.75) is 43.8 Å². The van der Waals surface area contributed by atoms with E-state index in [0.717, 1.165) is 18.1 Å².